The van der Waals surface area contributed by atoms with Gasteiger partial charge in [-0.2, -0.15) is 0 Å². The molecule has 4 N–H and O–H groups in total. The van der Waals surface area contributed by atoms with E-state index >= 15 is 0 Å². The smallest absolute Gasteiger partial charge is 0.411 e. The minimum Gasteiger partial charge on any atom is -0.480 e. The van der Waals surface area contributed by atoms with Crippen LogP contribution in [0.5, 0.6) is 0 Å². The molecule has 0 saturated carbocycles. The predicted molar refractivity (Wildman–Crippen MR) is 112 cm³/mol. The molecule has 0 aromatic rings. The number of nitrogens with two attached hydrogens (primary N) is 1. The lowest BCUT2D eigenvalue weighted by atomic mass is 9.91. The Morgan fingerprint density at radius 2 is 1.76 bits per heavy atom. The highest BCUT2D eigenvalue weighted by atomic mass is 16.6. The monoisotopic (exact) mass is 414 g/mol. The minimum absolute atomic E-state index is 0.151. The maximum Gasteiger partial charge on any atom is 0.411 e. The number of piperidine rings is 1. The summed E-state index contributed by atoms with van der Waals surface area (Å²) in [5, 5.41) is 15.1. The SMILES string of the molecule is CC(=N)N.CC(C)C.CCCCC(=O)N1CCC2(CC1)CN(CC(=O)O)C(=O)O2. The summed E-state index contributed by atoms with van der Waals surface area (Å²) in [4.78, 5) is 37.4. The number of amidine groups is 1. The summed E-state index contributed by atoms with van der Waals surface area (Å²) in [6, 6.07) is 0. The fraction of sp³-hybridized carbons (Fsp3) is 0.800. The van der Waals surface area contributed by atoms with E-state index < -0.39 is 17.7 Å². The molecule has 0 aromatic carbocycles. The summed E-state index contributed by atoms with van der Waals surface area (Å²) in [6.45, 7) is 11.2. The Bertz CT molecular complexity index is 550. The third-order valence-electron chi connectivity index (χ3n) is 4.14. The molecule has 0 unspecified atom stereocenters. The number of rotatable bonds is 5. The number of hydrogen-bond donors (Lipinski definition) is 3. The average Bonchev–Trinajstić information content (AvgIpc) is 2.86. The van der Waals surface area contributed by atoms with Gasteiger partial charge in [-0.25, -0.2) is 4.79 Å². The molecule has 0 radical (unpaired) electrons. The first-order chi connectivity index (χ1) is 13.4. The zero-order chi connectivity index (χ0) is 22.6. The van der Waals surface area contributed by atoms with Crippen molar-refractivity contribution in [2.75, 3.05) is 26.2 Å². The van der Waals surface area contributed by atoms with Crippen LogP contribution in [0.15, 0.2) is 0 Å². The van der Waals surface area contributed by atoms with Gasteiger partial charge >= 0.3 is 12.1 Å². The van der Waals surface area contributed by atoms with Crippen LogP contribution < -0.4 is 5.73 Å². The van der Waals surface area contributed by atoms with Gasteiger partial charge in [0.1, 0.15) is 12.1 Å². The topological polar surface area (TPSA) is 137 Å². The van der Waals surface area contributed by atoms with Crippen LogP contribution in [0.2, 0.25) is 0 Å². The second-order valence-corrected chi connectivity index (χ2v) is 8.20. The summed E-state index contributed by atoms with van der Waals surface area (Å²) < 4.78 is 5.40. The molecule has 0 aliphatic carbocycles. The molecule has 2 fully saturated rings. The Labute approximate surface area is 174 Å². The Morgan fingerprint density at radius 3 is 2.17 bits per heavy atom. The average molecular weight is 415 g/mol. The van der Waals surface area contributed by atoms with E-state index in [1.165, 1.54) is 11.8 Å². The van der Waals surface area contributed by atoms with Crippen LogP contribution >= 0.6 is 0 Å². The van der Waals surface area contributed by atoms with E-state index in [1.807, 2.05) is 11.8 Å². The van der Waals surface area contributed by atoms with E-state index in [2.05, 4.69) is 20.8 Å². The third-order valence-corrected chi connectivity index (χ3v) is 4.14. The molecule has 2 rings (SSSR count). The van der Waals surface area contributed by atoms with Crippen LogP contribution in [-0.2, 0) is 14.3 Å². The first kappa shape index (κ1) is 26.7. The molecule has 0 aromatic heterocycles. The van der Waals surface area contributed by atoms with Gasteiger partial charge in [0, 0.05) is 32.4 Å². The molecule has 29 heavy (non-hydrogen) atoms. The molecule has 9 heteroatoms. The zero-order valence-electron chi connectivity index (χ0n) is 18.5. The highest BCUT2D eigenvalue weighted by molar-refractivity contribution is 5.79. The molecule has 2 aliphatic rings. The van der Waals surface area contributed by atoms with Crippen molar-refractivity contribution in [2.24, 2.45) is 11.7 Å². The summed E-state index contributed by atoms with van der Waals surface area (Å²) in [5.41, 5.74) is 4.08. The minimum atomic E-state index is -1.05. The summed E-state index contributed by atoms with van der Waals surface area (Å²) in [5.74, 6) is 0.106. The highest BCUT2D eigenvalue weighted by Gasteiger charge is 2.47. The number of amides is 2. The number of carbonyl (C=O) groups is 3. The number of aliphatic carboxylic acids is 1. The van der Waals surface area contributed by atoms with Gasteiger partial charge in [0.05, 0.1) is 12.4 Å². The molecular formula is C20H38N4O5. The van der Waals surface area contributed by atoms with Crippen LogP contribution in [0.3, 0.4) is 0 Å². The van der Waals surface area contributed by atoms with Gasteiger partial charge in [-0.3, -0.25) is 19.9 Å². The van der Waals surface area contributed by atoms with Crippen LogP contribution in [-0.4, -0.2) is 70.5 Å². The zero-order valence-corrected chi connectivity index (χ0v) is 18.5. The van der Waals surface area contributed by atoms with Gasteiger partial charge in [-0.1, -0.05) is 34.1 Å². The number of carbonyl (C=O) groups excluding carboxylic acids is 2. The second-order valence-electron chi connectivity index (χ2n) is 8.20. The van der Waals surface area contributed by atoms with Crippen molar-refractivity contribution in [3.05, 3.63) is 0 Å². The number of nitrogens with one attached hydrogen (secondary N) is 1. The number of carboxylic acid groups (broad SMARTS) is 1. The number of likely N-dealkylation sites (tertiary alicyclic amines) is 1. The standard InChI is InChI=1S/C14H22N2O5.C4H10.C2H6N2/c1-2-3-4-11(17)15-7-5-14(6-8-15)10-16(9-12(18)19)13(20)21-14;1-4(2)3;1-2(3)4/h2-10H2,1H3,(H,18,19);4H,1-3H3;1H3,(H3,3,4). The van der Waals surface area contributed by atoms with Gasteiger partial charge in [-0.15, -0.1) is 0 Å². The molecule has 2 saturated heterocycles. The van der Waals surface area contributed by atoms with Crippen molar-refractivity contribution in [3.8, 4) is 0 Å². The molecule has 9 nitrogen and oxygen atoms in total. The number of ether oxygens (including phenoxy) is 1. The first-order valence-electron chi connectivity index (χ1n) is 10.2. The van der Waals surface area contributed by atoms with Crippen LogP contribution in [0.25, 0.3) is 0 Å². The lowest BCUT2D eigenvalue weighted by Gasteiger charge is -2.37. The van der Waals surface area contributed by atoms with E-state index in [4.69, 9.17) is 21.0 Å². The number of carboxylic acids is 1. The molecule has 2 heterocycles. The van der Waals surface area contributed by atoms with Crippen molar-refractivity contribution in [2.45, 2.75) is 72.3 Å². The van der Waals surface area contributed by atoms with Crippen LogP contribution in [0.1, 0.15) is 66.7 Å². The lowest BCUT2D eigenvalue weighted by Crippen LogP contribution is -2.48. The lowest BCUT2D eigenvalue weighted by molar-refractivity contribution is -0.137. The maximum absolute atomic E-state index is 12.0. The van der Waals surface area contributed by atoms with Crippen LogP contribution in [0.4, 0.5) is 4.79 Å². The van der Waals surface area contributed by atoms with E-state index in [-0.39, 0.29) is 18.3 Å². The molecule has 2 amide bonds. The summed E-state index contributed by atoms with van der Waals surface area (Å²) in [6.07, 6.45) is 3.03. The van der Waals surface area contributed by atoms with Gasteiger partial charge in [0.25, 0.3) is 0 Å². The Kier molecular flexibility index (Phi) is 12.0. The third kappa shape index (κ3) is 11.3. The molecule has 2 aliphatic heterocycles. The normalized spacial score (nSPS) is 17.1. The van der Waals surface area contributed by atoms with E-state index in [0.29, 0.717) is 38.9 Å². The fourth-order valence-corrected chi connectivity index (χ4v) is 2.89. The molecule has 0 atom stereocenters. The highest BCUT2D eigenvalue weighted by Crippen LogP contribution is 2.33. The molecule has 168 valence electrons. The summed E-state index contributed by atoms with van der Waals surface area (Å²) in [7, 11) is 0. The first-order valence-corrected chi connectivity index (χ1v) is 10.2. The van der Waals surface area contributed by atoms with E-state index in [9.17, 15) is 14.4 Å². The van der Waals surface area contributed by atoms with Gasteiger partial charge in [0.2, 0.25) is 5.91 Å². The Hall–Kier alpha value is -2.32. The quantitative estimate of drug-likeness (QED) is 0.467. The molecular weight excluding hydrogens is 376 g/mol. The van der Waals surface area contributed by atoms with Gasteiger partial charge in [0.15, 0.2) is 0 Å². The number of unbranched alkanes of at least 4 members (excludes halogenated alkanes) is 1. The van der Waals surface area contributed by atoms with E-state index in [0.717, 1.165) is 18.8 Å². The van der Waals surface area contributed by atoms with E-state index in [1.54, 1.807) is 0 Å². The second kappa shape index (κ2) is 13.0. The fourth-order valence-electron chi connectivity index (χ4n) is 2.89. The number of nitrogens with zero attached hydrogens (tertiary/aromatic N) is 2. The maximum atomic E-state index is 12.0. The van der Waals surface area contributed by atoms with Gasteiger partial charge < -0.3 is 20.5 Å². The van der Waals surface area contributed by atoms with Gasteiger partial charge in [-0.05, 0) is 19.3 Å². The van der Waals surface area contributed by atoms with Crippen molar-refractivity contribution < 1.29 is 24.2 Å². The molecule has 1 spiro atoms. The van der Waals surface area contributed by atoms with Crippen molar-refractivity contribution >= 4 is 23.8 Å². The predicted octanol–water partition coefficient (Wildman–Crippen LogP) is 2.68. The molecule has 0 bridgehead atoms. The number of hydrogen-bond acceptors (Lipinski definition) is 5. The Morgan fingerprint density at radius 1 is 1.28 bits per heavy atom. The van der Waals surface area contributed by atoms with Crippen molar-refractivity contribution in [1.29, 1.82) is 5.41 Å². The summed E-state index contributed by atoms with van der Waals surface area (Å²) >= 11 is 0. The largest absolute Gasteiger partial charge is 0.480 e. The van der Waals surface area contributed by atoms with Crippen molar-refractivity contribution in [3.63, 3.8) is 0 Å². The van der Waals surface area contributed by atoms with Crippen LogP contribution in [0, 0.1) is 11.3 Å². The van der Waals surface area contributed by atoms with Crippen molar-refractivity contribution in [1.82, 2.24) is 9.80 Å². The Balaban J connectivity index is 0.000000837.